The van der Waals surface area contributed by atoms with Gasteiger partial charge >= 0.3 is 5.69 Å². The molecule has 0 saturated heterocycles. The van der Waals surface area contributed by atoms with E-state index < -0.39 is 16.4 Å². The topological polar surface area (TPSA) is 55.2 Å². The summed E-state index contributed by atoms with van der Waals surface area (Å²) in [5.74, 6) is -1.25. The van der Waals surface area contributed by atoms with E-state index in [4.69, 9.17) is 0 Å². The van der Waals surface area contributed by atoms with E-state index in [1.807, 2.05) is 0 Å². The predicted molar refractivity (Wildman–Crippen MR) is 71.5 cm³/mol. The Kier molecular flexibility index (Phi) is 3.93. The van der Waals surface area contributed by atoms with Crippen LogP contribution in [0.3, 0.4) is 0 Å². The summed E-state index contributed by atoms with van der Waals surface area (Å²) in [6.07, 6.45) is 0. The molecule has 20 heavy (non-hydrogen) atoms. The van der Waals surface area contributed by atoms with Crippen molar-refractivity contribution in [1.82, 2.24) is 0 Å². The van der Waals surface area contributed by atoms with Crippen LogP contribution in [0.25, 0.3) is 0 Å². The first kappa shape index (κ1) is 13.9. The third-order valence-electron chi connectivity index (χ3n) is 2.87. The Bertz CT molecular complexity index is 647. The largest absolute Gasteiger partial charge is 0.378 e. The maximum absolute atomic E-state index is 13.2. The van der Waals surface area contributed by atoms with Crippen molar-refractivity contribution >= 4 is 11.4 Å². The van der Waals surface area contributed by atoms with Gasteiger partial charge in [0.15, 0.2) is 0 Å². The minimum Gasteiger partial charge on any atom is -0.378 e. The van der Waals surface area contributed by atoms with Crippen molar-refractivity contribution in [3.05, 3.63) is 69.8 Å². The Balaban J connectivity index is 2.22. The molecule has 0 fully saturated rings. The van der Waals surface area contributed by atoms with Crippen molar-refractivity contribution in [2.24, 2.45) is 0 Å². The molecule has 1 N–H and O–H groups in total. The molecule has 6 heteroatoms. The quantitative estimate of drug-likeness (QED) is 0.678. The standard InChI is InChI=1S/C14H12F2N2O2/c1-9(10-3-2-4-11(15)7-10)17-12-5-6-13(16)14(8-12)18(19)20/h2-9,17H,1H3. The molecule has 2 rings (SSSR count). The molecule has 0 spiro atoms. The van der Waals surface area contributed by atoms with Crippen molar-refractivity contribution in [3.8, 4) is 0 Å². The second-order valence-electron chi connectivity index (χ2n) is 4.34. The Hall–Kier alpha value is -2.50. The maximum Gasteiger partial charge on any atom is 0.306 e. The van der Waals surface area contributed by atoms with Crippen LogP contribution in [0.1, 0.15) is 18.5 Å². The summed E-state index contributed by atoms with van der Waals surface area (Å²) in [6, 6.07) is 9.29. The van der Waals surface area contributed by atoms with Crippen LogP contribution in [0, 0.1) is 21.7 Å². The second-order valence-corrected chi connectivity index (χ2v) is 4.34. The lowest BCUT2D eigenvalue weighted by Gasteiger charge is -2.15. The molecule has 0 radical (unpaired) electrons. The summed E-state index contributed by atoms with van der Waals surface area (Å²) in [6.45, 7) is 1.78. The van der Waals surface area contributed by atoms with Gasteiger partial charge in [0.1, 0.15) is 5.82 Å². The summed E-state index contributed by atoms with van der Waals surface area (Å²) < 4.78 is 26.3. The zero-order valence-corrected chi connectivity index (χ0v) is 10.6. The normalized spacial score (nSPS) is 11.9. The first-order valence-corrected chi connectivity index (χ1v) is 5.93. The zero-order chi connectivity index (χ0) is 14.7. The Morgan fingerprint density at radius 2 is 1.95 bits per heavy atom. The fourth-order valence-corrected chi connectivity index (χ4v) is 1.85. The number of rotatable bonds is 4. The Labute approximate surface area is 114 Å². The number of hydrogen-bond donors (Lipinski definition) is 1. The maximum atomic E-state index is 13.2. The van der Waals surface area contributed by atoms with Crippen molar-refractivity contribution in [2.75, 3.05) is 5.32 Å². The van der Waals surface area contributed by atoms with Crippen LogP contribution in [0.15, 0.2) is 42.5 Å². The van der Waals surface area contributed by atoms with Gasteiger partial charge in [-0.2, -0.15) is 4.39 Å². The van der Waals surface area contributed by atoms with E-state index in [1.54, 1.807) is 19.1 Å². The van der Waals surface area contributed by atoms with E-state index >= 15 is 0 Å². The van der Waals surface area contributed by atoms with Crippen LogP contribution < -0.4 is 5.32 Å². The van der Waals surface area contributed by atoms with E-state index in [2.05, 4.69) is 5.32 Å². The molecule has 1 atom stereocenters. The first-order valence-electron chi connectivity index (χ1n) is 5.93. The van der Waals surface area contributed by atoms with Gasteiger partial charge in [0.05, 0.1) is 4.92 Å². The molecule has 1 unspecified atom stereocenters. The molecule has 0 heterocycles. The average Bonchev–Trinajstić information content (AvgIpc) is 2.40. The highest BCUT2D eigenvalue weighted by molar-refractivity contribution is 5.53. The number of anilines is 1. The number of hydrogen-bond acceptors (Lipinski definition) is 3. The molecular formula is C14H12F2N2O2. The van der Waals surface area contributed by atoms with E-state index in [0.29, 0.717) is 11.3 Å². The highest BCUT2D eigenvalue weighted by atomic mass is 19.1. The minimum atomic E-state index is -0.890. The van der Waals surface area contributed by atoms with E-state index in [-0.39, 0.29) is 11.9 Å². The van der Waals surface area contributed by atoms with Gasteiger partial charge in [-0.3, -0.25) is 10.1 Å². The Morgan fingerprint density at radius 1 is 1.20 bits per heavy atom. The van der Waals surface area contributed by atoms with Gasteiger partial charge in [-0.05, 0) is 36.8 Å². The smallest absolute Gasteiger partial charge is 0.306 e. The molecule has 0 aliphatic carbocycles. The molecule has 104 valence electrons. The lowest BCUT2D eigenvalue weighted by molar-refractivity contribution is -0.387. The highest BCUT2D eigenvalue weighted by Gasteiger charge is 2.15. The zero-order valence-electron chi connectivity index (χ0n) is 10.6. The van der Waals surface area contributed by atoms with Crippen LogP contribution in [-0.2, 0) is 0 Å². The predicted octanol–water partition coefficient (Wildman–Crippen LogP) is 4.05. The number of nitrogens with one attached hydrogen (secondary N) is 1. The molecule has 2 aromatic carbocycles. The summed E-state index contributed by atoms with van der Waals surface area (Å²) in [5.41, 5.74) is 0.494. The van der Waals surface area contributed by atoms with Crippen molar-refractivity contribution in [3.63, 3.8) is 0 Å². The van der Waals surface area contributed by atoms with Crippen LogP contribution in [-0.4, -0.2) is 4.92 Å². The van der Waals surface area contributed by atoms with Crippen LogP contribution in [0.4, 0.5) is 20.2 Å². The summed E-state index contributed by atoms with van der Waals surface area (Å²) >= 11 is 0. The van der Waals surface area contributed by atoms with Gasteiger partial charge < -0.3 is 5.32 Å². The third-order valence-corrected chi connectivity index (χ3v) is 2.87. The van der Waals surface area contributed by atoms with Crippen molar-refractivity contribution in [2.45, 2.75) is 13.0 Å². The van der Waals surface area contributed by atoms with Gasteiger partial charge in [-0.15, -0.1) is 0 Å². The molecule has 0 aliphatic heterocycles. The molecule has 0 saturated carbocycles. The van der Waals surface area contributed by atoms with Gasteiger partial charge in [0, 0.05) is 17.8 Å². The highest BCUT2D eigenvalue weighted by Crippen LogP contribution is 2.25. The summed E-state index contributed by atoms with van der Waals surface area (Å²) in [4.78, 5) is 9.88. The van der Waals surface area contributed by atoms with Gasteiger partial charge in [-0.1, -0.05) is 12.1 Å². The molecule has 0 bridgehead atoms. The van der Waals surface area contributed by atoms with Crippen LogP contribution in [0.5, 0.6) is 0 Å². The third kappa shape index (κ3) is 3.09. The number of benzene rings is 2. The Morgan fingerprint density at radius 3 is 2.60 bits per heavy atom. The second kappa shape index (κ2) is 5.64. The van der Waals surface area contributed by atoms with E-state index in [0.717, 1.165) is 12.1 Å². The van der Waals surface area contributed by atoms with Gasteiger partial charge in [0.25, 0.3) is 0 Å². The van der Waals surface area contributed by atoms with Crippen molar-refractivity contribution < 1.29 is 13.7 Å². The fourth-order valence-electron chi connectivity index (χ4n) is 1.85. The number of nitrogens with zero attached hydrogens (tertiary/aromatic N) is 1. The molecule has 0 amide bonds. The lowest BCUT2D eigenvalue weighted by Crippen LogP contribution is -2.07. The average molecular weight is 278 g/mol. The van der Waals surface area contributed by atoms with E-state index in [9.17, 15) is 18.9 Å². The first-order chi connectivity index (χ1) is 9.47. The monoisotopic (exact) mass is 278 g/mol. The molecule has 0 aromatic heterocycles. The molecule has 2 aromatic rings. The summed E-state index contributed by atoms with van der Waals surface area (Å²) in [7, 11) is 0. The summed E-state index contributed by atoms with van der Waals surface area (Å²) in [5, 5.41) is 13.6. The van der Waals surface area contributed by atoms with E-state index in [1.165, 1.54) is 18.2 Å². The number of nitro benzene ring substituents is 1. The van der Waals surface area contributed by atoms with Crippen LogP contribution in [0.2, 0.25) is 0 Å². The minimum absolute atomic E-state index is 0.268. The van der Waals surface area contributed by atoms with Crippen LogP contribution >= 0.6 is 0 Å². The molecule has 4 nitrogen and oxygen atoms in total. The van der Waals surface area contributed by atoms with Gasteiger partial charge in [-0.25, -0.2) is 4.39 Å². The van der Waals surface area contributed by atoms with Crippen molar-refractivity contribution in [1.29, 1.82) is 0 Å². The number of nitro groups is 1. The SMILES string of the molecule is CC(Nc1ccc(F)c([N+](=O)[O-])c1)c1cccc(F)c1. The molecule has 0 aliphatic rings. The lowest BCUT2D eigenvalue weighted by atomic mass is 10.1. The van der Waals surface area contributed by atoms with Gasteiger partial charge in [0.2, 0.25) is 5.82 Å². The number of halogens is 2. The fraction of sp³-hybridized carbons (Fsp3) is 0.143. The molecular weight excluding hydrogens is 266 g/mol.